The Labute approximate surface area is 105 Å². The lowest BCUT2D eigenvalue weighted by atomic mass is 10.1. The standard InChI is InChI=1S/C10H9N3O6/c1-18-8(15)5-4-3-11-10(17)12-13(4)7(14)6(5)9(16)19-2/h3,14H,1-2H3,(H,12,17). The predicted molar refractivity (Wildman–Crippen MR) is 60.2 cm³/mol. The Morgan fingerprint density at radius 2 is 1.84 bits per heavy atom. The lowest BCUT2D eigenvalue weighted by molar-refractivity contribution is 0.0555. The number of rotatable bonds is 2. The Morgan fingerprint density at radius 3 is 2.42 bits per heavy atom. The van der Waals surface area contributed by atoms with Crippen molar-refractivity contribution in [3.8, 4) is 5.88 Å². The Balaban J connectivity index is 2.92. The molecule has 2 aromatic heterocycles. The van der Waals surface area contributed by atoms with Gasteiger partial charge >= 0.3 is 17.6 Å². The molecule has 0 aliphatic carbocycles. The van der Waals surface area contributed by atoms with Crippen molar-refractivity contribution < 1.29 is 24.2 Å². The third-order valence-corrected chi connectivity index (χ3v) is 2.47. The predicted octanol–water partition coefficient (Wildman–Crippen LogP) is -0.699. The molecule has 2 aromatic rings. The van der Waals surface area contributed by atoms with Crippen LogP contribution >= 0.6 is 0 Å². The van der Waals surface area contributed by atoms with Gasteiger partial charge in [0.2, 0.25) is 5.88 Å². The molecule has 2 heterocycles. The van der Waals surface area contributed by atoms with Gasteiger partial charge in [0.05, 0.1) is 20.4 Å². The number of nitrogens with one attached hydrogen (secondary N) is 1. The van der Waals surface area contributed by atoms with E-state index >= 15 is 0 Å². The SMILES string of the molecule is COC(=O)c1c(C(=O)OC)c2cnc(=O)[nH]n2c1O. The largest absolute Gasteiger partial charge is 0.493 e. The lowest BCUT2D eigenvalue weighted by Crippen LogP contribution is -2.14. The van der Waals surface area contributed by atoms with Crippen LogP contribution in [0, 0.1) is 0 Å². The summed E-state index contributed by atoms with van der Waals surface area (Å²) >= 11 is 0. The molecule has 0 spiro atoms. The number of fused-ring (bicyclic) bond motifs is 1. The van der Waals surface area contributed by atoms with Crippen molar-refractivity contribution in [1.82, 2.24) is 14.6 Å². The molecule has 9 nitrogen and oxygen atoms in total. The van der Waals surface area contributed by atoms with E-state index in [2.05, 4.69) is 19.6 Å². The zero-order valence-electron chi connectivity index (χ0n) is 9.96. The topological polar surface area (TPSA) is 123 Å². The van der Waals surface area contributed by atoms with Crippen molar-refractivity contribution in [2.75, 3.05) is 14.2 Å². The van der Waals surface area contributed by atoms with Crippen LogP contribution in [-0.4, -0.2) is 45.9 Å². The van der Waals surface area contributed by atoms with Crippen LogP contribution in [0.3, 0.4) is 0 Å². The zero-order chi connectivity index (χ0) is 14.2. The summed E-state index contributed by atoms with van der Waals surface area (Å²) in [5, 5.41) is 12.1. The quantitative estimate of drug-likeness (QED) is 0.689. The number of aromatic nitrogens is 3. The molecule has 0 unspecified atom stereocenters. The summed E-state index contributed by atoms with van der Waals surface area (Å²) in [5.74, 6) is -2.45. The fraction of sp³-hybridized carbons (Fsp3) is 0.200. The Bertz CT molecular complexity index is 729. The summed E-state index contributed by atoms with van der Waals surface area (Å²) in [6.07, 6.45) is 1.04. The number of esters is 2. The van der Waals surface area contributed by atoms with Gasteiger partial charge in [-0.1, -0.05) is 0 Å². The maximum Gasteiger partial charge on any atom is 0.360 e. The van der Waals surface area contributed by atoms with Crippen LogP contribution in [0.5, 0.6) is 5.88 Å². The van der Waals surface area contributed by atoms with E-state index in [9.17, 15) is 19.5 Å². The summed E-state index contributed by atoms with van der Waals surface area (Å²) in [7, 11) is 2.20. The lowest BCUT2D eigenvalue weighted by Gasteiger charge is -2.00. The van der Waals surface area contributed by atoms with Gasteiger partial charge in [0.15, 0.2) is 0 Å². The van der Waals surface area contributed by atoms with Crippen molar-refractivity contribution in [1.29, 1.82) is 0 Å². The molecule has 2 N–H and O–H groups in total. The van der Waals surface area contributed by atoms with Crippen LogP contribution in [-0.2, 0) is 9.47 Å². The molecular weight excluding hydrogens is 258 g/mol. The summed E-state index contributed by atoms with van der Waals surface area (Å²) in [4.78, 5) is 37.8. The molecule has 19 heavy (non-hydrogen) atoms. The second-order valence-electron chi connectivity index (χ2n) is 3.45. The minimum absolute atomic E-state index is 0.0179. The van der Waals surface area contributed by atoms with Gasteiger partial charge in [0, 0.05) is 0 Å². The van der Waals surface area contributed by atoms with Crippen molar-refractivity contribution in [2.24, 2.45) is 0 Å². The van der Waals surface area contributed by atoms with E-state index in [-0.39, 0.29) is 11.1 Å². The Morgan fingerprint density at radius 1 is 1.26 bits per heavy atom. The van der Waals surface area contributed by atoms with Crippen LogP contribution in [0.2, 0.25) is 0 Å². The van der Waals surface area contributed by atoms with Crippen molar-refractivity contribution >= 4 is 17.5 Å². The van der Waals surface area contributed by atoms with E-state index in [0.29, 0.717) is 0 Å². The average molecular weight is 267 g/mol. The third-order valence-electron chi connectivity index (χ3n) is 2.47. The molecule has 0 fully saturated rings. The molecule has 0 aliphatic heterocycles. The highest BCUT2D eigenvalue weighted by atomic mass is 16.5. The van der Waals surface area contributed by atoms with Crippen LogP contribution < -0.4 is 5.69 Å². The molecule has 9 heteroatoms. The van der Waals surface area contributed by atoms with Crippen LogP contribution in [0.1, 0.15) is 20.7 Å². The summed E-state index contributed by atoms with van der Waals surface area (Å²) in [5.41, 5.74) is -1.39. The molecule has 0 bridgehead atoms. The number of aromatic hydroxyl groups is 1. The number of hydrogen-bond acceptors (Lipinski definition) is 7. The first kappa shape index (κ1) is 12.6. The van der Waals surface area contributed by atoms with Crippen molar-refractivity contribution in [2.45, 2.75) is 0 Å². The number of carbonyl (C=O) groups is 2. The number of H-pyrrole nitrogens is 1. The second kappa shape index (κ2) is 4.44. The summed E-state index contributed by atoms with van der Waals surface area (Å²) in [6, 6.07) is 0. The van der Waals surface area contributed by atoms with Gasteiger partial charge in [-0.2, -0.15) is 4.98 Å². The molecule has 0 aromatic carbocycles. The number of nitrogens with zero attached hydrogens (tertiary/aromatic N) is 2. The van der Waals surface area contributed by atoms with Crippen molar-refractivity contribution in [3.05, 3.63) is 27.8 Å². The molecule has 0 aliphatic rings. The molecule has 0 saturated heterocycles. The molecule has 0 saturated carbocycles. The minimum atomic E-state index is -0.942. The van der Waals surface area contributed by atoms with Gasteiger partial charge in [0.25, 0.3) is 0 Å². The number of ether oxygens (including phenoxy) is 2. The Kier molecular flexibility index (Phi) is 2.95. The van der Waals surface area contributed by atoms with E-state index in [1.807, 2.05) is 0 Å². The number of methoxy groups -OCH3 is 2. The number of aromatic amines is 1. The van der Waals surface area contributed by atoms with Crippen LogP contribution in [0.4, 0.5) is 0 Å². The number of carbonyl (C=O) groups excluding carboxylic acids is 2. The molecule has 0 radical (unpaired) electrons. The second-order valence-corrected chi connectivity index (χ2v) is 3.45. The van der Waals surface area contributed by atoms with Gasteiger partial charge in [-0.15, -0.1) is 0 Å². The van der Waals surface area contributed by atoms with Crippen LogP contribution in [0.25, 0.3) is 5.52 Å². The van der Waals surface area contributed by atoms with Gasteiger partial charge in [-0.05, 0) is 0 Å². The highest BCUT2D eigenvalue weighted by molar-refractivity contribution is 6.10. The van der Waals surface area contributed by atoms with E-state index in [1.165, 1.54) is 0 Å². The Hall–Kier alpha value is -2.84. The summed E-state index contributed by atoms with van der Waals surface area (Å²) < 4.78 is 9.87. The van der Waals surface area contributed by atoms with Crippen LogP contribution in [0.15, 0.2) is 11.0 Å². The van der Waals surface area contributed by atoms with Gasteiger partial charge in [0.1, 0.15) is 16.6 Å². The molecule has 0 amide bonds. The number of hydrogen-bond donors (Lipinski definition) is 2. The zero-order valence-corrected chi connectivity index (χ0v) is 9.96. The van der Waals surface area contributed by atoms with Gasteiger partial charge in [-0.25, -0.2) is 24.0 Å². The van der Waals surface area contributed by atoms with E-state index in [1.54, 1.807) is 0 Å². The monoisotopic (exact) mass is 267 g/mol. The first-order valence-electron chi connectivity index (χ1n) is 5.00. The summed E-state index contributed by atoms with van der Waals surface area (Å²) in [6.45, 7) is 0. The first-order chi connectivity index (χ1) is 9.01. The molecule has 100 valence electrons. The highest BCUT2D eigenvalue weighted by Crippen LogP contribution is 2.28. The normalized spacial score (nSPS) is 10.4. The molecular formula is C10H9N3O6. The van der Waals surface area contributed by atoms with E-state index < -0.39 is 29.1 Å². The van der Waals surface area contributed by atoms with E-state index in [0.717, 1.165) is 24.9 Å². The fourth-order valence-electron chi connectivity index (χ4n) is 1.66. The first-order valence-corrected chi connectivity index (χ1v) is 5.00. The average Bonchev–Trinajstić information content (AvgIpc) is 2.70. The highest BCUT2D eigenvalue weighted by Gasteiger charge is 2.30. The smallest absolute Gasteiger partial charge is 0.360 e. The van der Waals surface area contributed by atoms with E-state index in [4.69, 9.17) is 0 Å². The van der Waals surface area contributed by atoms with Crippen molar-refractivity contribution in [3.63, 3.8) is 0 Å². The molecule has 2 rings (SSSR count). The minimum Gasteiger partial charge on any atom is -0.493 e. The maximum absolute atomic E-state index is 11.7. The van der Waals surface area contributed by atoms with Gasteiger partial charge in [-0.3, -0.25) is 0 Å². The maximum atomic E-state index is 11.7. The van der Waals surface area contributed by atoms with Gasteiger partial charge < -0.3 is 14.6 Å². The fourth-order valence-corrected chi connectivity index (χ4v) is 1.66. The molecule has 0 atom stereocenters. The third kappa shape index (κ3) is 1.80.